The van der Waals surface area contributed by atoms with Gasteiger partial charge in [-0.25, -0.2) is 8.42 Å². The predicted molar refractivity (Wildman–Crippen MR) is 106 cm³/mol. The van der Waals surface area contributed by atoms with Gasteiger partial charge in [0.15, 0.2) is 0 Å². The van der Waals surface area contributed by atoms with Gasteiger partial charge in [0.2, 0.25) is 0 Å². The number of halogens is 2. The van der Waals surface area contributed by atoms with Gasteiger partial charge in [-0.05, 0) is 38.5 Å². The quantitative estimate of drug-likeness (QED) is 0.672. The molecule has 3 rings (SSSR count). The van der Waals surface area contributed by atoms with Gasteiger partial charge in [0.1, 0.15) is 4.90 Å². The fourth-order valence-electron chi connectivity index (χ4n) is 2.84. The van der Waals surface area contributed by atoms with Crippen molar-refractivity contribution in [2.75, 3.05) is 4.72 Å². The van der Waals surface area contributed by atoms with E-state index in [1.807, 2.05) is 6.07 Å². The first-order chi connectivity index (χ1) is 12.6. The van der Waals surface area contributed by atoms with Crippen LogP contribution in [0.1, 0.15) is 22.6 Å². The first-order valence-corrected chi connectivity index (χ1v) is 10.3. The molecule has 1 N–H and O–H groups in total. The molecule has 0 saturated carbocycles. The second-order valence-corrected chi connectivity index (χ2v) is 8.79. The first-order valence-electron chi connectivity index (χ1n) is 8.09. The average Bonchev–Trinajstić information content (AvgIpc) is 3.04. The van der Waals surface area contributed by atoms with Crippen molar-refractivity contribution in [3.8, 4) is 0 Å². The Morgan fingerprint density at radius 3 is 2.41 bits per heavy atom. The van der Waals surface area contributed by atoms with Crippen molar-refractivity contribution in [1.82, 2.24) is 19.6 Å². The number of sulfonamides is 1. The van der Waals surface area contributed by atoms with Crippen molar-refractivity contribution in [1.29, 1.82) is 0 Å². The molecule has 0 aliphatic rings. The number of aryl methyl sites for hydroxylation is 3. The van der Waals surface area contributed by atoms with Crippen molar-refractivity contribution >= 4 is 38.9 Å². The van der Waals surface area contributed by atoms with Gasteiger partial charge in [0.05, 0.1) is 29.3 Å². The summed E-state index contributed by atoms with van der Waals surface area (Å²) >= 11 is 12.2. The van der Waals surface area contributed by atoms with E-state index >= 15 is 0 Å². The van der Waals surface area contributed by atoms with Gasteiger partial charge in [0, 0.05) is 23.3 Å². The fraction of sp³-hybridized carbons (Fsp3) is 0.294. The van der Waals surface area contributed by atoms with Crippen molar-refractivity contribution in [3.05, 3.63) is 57.1 Å². The van der Waals surface area contributed by atoms with E-state index in [1.165, 1.54) is 10.9 Å². The van der Waals surface area contributed by atoms with Gasteiger partial charge in [-0.2, -0.15) is 10.2 Å². The predicted octanol–water partition coefficient (Wildman–Crippen LogP) is 3.70. The van der Waals surface area contributed by atoms with Crippen LogP contribution in [0, 0.1) is 20.8 Å². The normalized spacial score (nSPS) is 11.8. The van der Waals surface area contributed by atoms with E-state index in [4.69, 9.17) is 23.2 Å². The molecule has 27 heavy (non-hydrogen) atoms. The summed E-state index contributed by atoms with van der Waals surface area (Å²) in [7, 11) is -2.09. The topological polar surface area (TPSA) is 81.8 Å². The van der Waals surface area contributed by atoms with Gasteiger partial charge in [-0.3, -0.25) is 14.1 Å². The van der Waals surface area contributed by atoms with E-state index in [0.717, 1.165) is 5.56 Å². The largest absolute Gasteiger partial charge is 0.276 e. The number of rotatable bonds is 5. The maximum Gasteiger partial charge on any atom is 0.265 e. The van der Waals surface area contributed by atoms with Crippen LogP contribution in [0.5, 0.6) is 0 Å². The summed E-state index contributed by atoms with van der Waals surface area (Å²) in [5, 5.41) is 9.63. The summed E-state index contributed by atoms with van der Waals surface area (Å²) in [5.74, 6) is 0. The number of hydrogen-bond acceptors (Lipinski definition) is 4. The molecule has 0 atom stereocenters. The number of benzene rings is 1. The first kappa shape index (κ1) is 19.7. The van der Waals surface area contributed by atoms with E-state index in [9.17, 15) is 8.42 Å². The Kier molecular flexibility index (Phi) is 5.24. The Labute approximate surface area is 168 Å². The van der Waals surface area contributed by atoms with Gasteiger partial charge in [-0.1, -0.05) is 29.3 Å². The molecule has 0 unspecified atom stereocenters. The number of anilines is 1. The third-order valence-corrected chi connectivity index (χ3v) is 6.25. The summed E-state index contributed by atoms with van der Waals surface area (Å²) in [6.45, 7) is 5.61. The van der Waals surface area contributed by atoms with Gasteiger partial charge in [0.25, 0.3) is 10.0 Å². The molecule has 7 nitrogen and oxygen atoms in total. The van der Waals surface area contributed by atoms with E-state index in [1.54, 1.807) is 44.6 Å². The molecule has 0 saturated heterocycles. The van der Waals surface area contributed by atoms with Crippen LogP contribution in [0.3, 0.4) is 0 Å². The van der Waals surface area contributed by atoms with E-state index < -0.39 is 10.0 Å². The molecule has 10 heteroatoms. The fourth-order valence-corrected chi connectivity index (χ4v) is 4.70. The van der Waals surface area contributed by atoms with Crippen LogP contribution in [0.4, 0.5) is 5.69 Å². The summed E-state index contributed by atoms with van der Waals surface area (Å²) < 4.78 is 31.3. The lowest BCUT2D eigenvalue weighted by Gasteiger charge is -2.09. The van der Waals surface area contributed by atoms with E-state index in [0.29, 0.717) is 39.4 Å². The van der Waals surface area contributed by atoms with Crippen LogP contribution in [-0.4, -0.2) is 28.0 Å². The Hall–Kier alpha value is -2.03. The Balaban J connectivity index is 1.93. The Bertz CT molecular complexity index is 1120. The van der Waals surface area contributed by atoms with Crippen molar-refractivity contribution in [3.63, 3.8) is 0 Å². The Morgan fingerprint density at radius 1 is 1.11 bits per heavy atom. The summed E-state index contributed by atoms with van der Waals surface area (Å²) in [4.78, 5) is 0.136. The standard InChI is InChI=1S/C17H19Cl2N5O2S/c1-10-16(9-23(4)20-10)27(25,26)22-17-11(2)21-24(12(17)3)8-13-5-6-14(18)7-15(13)19/h5-7,9,22H,8H2,1-4H3. The molecule has 0 bridgehead atoms. The maximum atomic E-state index is 12.8. The molecular formula is C17H19Cl2N5O2S. The lowest BCUT2D eigenvalue weighted by Crippen LogP contribution is -2.15. The lowest BCUT2D eigenvalue weighted by atomic mass is 10.2. The lowest BCUT2D eigenvalue weighted by molar-refractivity contribution is 0.600. The third-order valence-electron chi connectivity index (χ3n) is 4.21. The minimum absolute atomic E-state index is 0.136. The highest BCUT2D eigenvalue weighted by atomic mass is 35.5. The zero-order chi connectivity index (χ0) is 19.9. The molecule has 0 fully saturated rings. The number of hydrogen-bond donors (Lipinski definition) is 1. The van der Waals surface area contributed by atoms with Crippen LogP contribution in [0.15, 0.2) is 29.3 Å². The summed E-state index contributed by atoms with van der Waals surface area (Å²) in [5.41, 5.74) is 2.97. The van der Waals surface area contributed by atoms with Crippen molar-refractivity contribution in [2.24, 2.45) is 7.05 Å². The zero-order valence-corrected chi connectivity index (χ0v) is 17.6. The molecule has 0 radical (unpaired) electrons. The van der Waals surface area contributed by atoms with Crippen molar-refractivity contribution in [2.45, 2.75) is 32.2 Å². The monoisotopic (exact) mass is 427 g/mol. The van der Waals surface area contributed by atoms with Crippen LogP contribution in [0.25, 0.3) is 0 Å². The summed E-state index contributed by atoms with van der Waals surface area (Å²) in [6, 6.07) is 5.24. The molecule has 3 aromatic rings. The highest BCUT2D eigenvalue weighted by molar-refractivity contribution is 7.92. The third kappa shape index (κ3) is 3.97. The molecule has 144 valence electrons. The molecule has 0 aliphatic carbocycles. The van der Waals surface area contributed by atoms with Gasteiger partial charge < -0.3 is 0 Å². The number of aromatic nitrogens is 4. The SMILES string of the molecule is Cc1nn(C)cc1S(=O)(=O)Nc1c(C)nn(Cc2ccc(Cl)cc2Cl)c1C. The minimum atomic E-state index is -3.77. The van der Waals surface area contributed by atoms with Crippen LogP contribution in [-0.2, 0) is 23.6 Å². The van der Waals surface area contributed by atoms with Gasteiger partial charge in [-0.15, -0.1) is 0 Å². The highest BCUT2D eigenvalue weighted by Gasteiger charge is 2.23. The van der Waals surface area contributed by atoms with Crippen LogP contribution < -0.4 is 4.72 Å². The van der Waals surface area contributed by atoms with Gasteiger partial charge >= 0.3 is 0 Å². The average molecular weight is 428 g/mol. The molecular weight excluding hydrogens is 409 g/mol. The van der Waals surface area contributed by atoms with Crippen LogP contribution >= 0.6 is 23.2 Å². The second kappa shape index (κ2) is 7.18. The minimum Gasteiger partial charge on any atom is -0.276 e. The van der Waals surface area contributed by atoms with E-state index in [-0.39, 0.29) is 4.90 Å². The van der Waals surface area contributed by atoms with Crippen LogP contribution in [0.2, 0.25) is 10.0 Å². The maximum absolute atomic E-state index is 12.8. The number of nitrogens with one attached hydrogen (secondary N) is 1. The smallest absolute Gasteiger partial charge is 0.265 e. The highest BCUT2D eigenvalue weighted by Crippen LogP contribution is 2.27. The molecule has 0 spiro atoms. The summed E-state index contributed by atoms with van der Waals surface area (Å²) in [6.07, 6.45) is 1.47. The zero-order valence-electron chi connectivity index (χ0n) is 15.3. The molecule has 2 heterocycles. The van der Waals surface area contributed by atoms with Crippen molar-refractivity contribution < 1.29 is 8.42 Å². The van der Waals surface area contributed by atoms with E-state index in [2.05, 4.69) is 14.9 Å². The molecule has 1 aromatic carbocycles. The Morgan fingerprint density at radius 2 is 1.81 bits per heavy atom. The number of nitrogens with zero attached hydrogens (tertiary/aromatic N) is 4. The molecule has 2 aromatic heterocycles. The molecule has 0 amide bonds. The molecule has 0 aliphatic heterocycles. The second-order valence-electron chi connectivity index (χ2n) is 6.30.